The molecule has 0 aromatic heterocycles. The molecule has 0 spiro atoms. The molecule has 21 heavy (non-hydrogen) atoms. The van der Waals surface area contributed by atoms with Crippen molar-refractivity contribution >= 4 is 10.0 Å². The summed E-state index contributed by atoms with van der Waals surface area (Å²) in [7, 11) is -3.39. The van der Waals surface area contributed by atoms with Gasteiger partial charge in [0.1, 0.15) is 0 Å². The summed E-state index contributed by atoms with van der Waals surface area (Å²) in [5.41, 5.74) is 2.22. The van der Waals surface area contributed by atoms with Crippen molar-refractivity contribution in [3.8, 4) is 0 Å². The van der Waals surface area contributed by atoms with Gasteiger partial charge in [0, 0.05) is 12.6 Å². The first kappa shape index (κ1) is 16.2. The fourth-order valence-corrected chi connectivity index (χ4v) is 4.41. The lowest BCUT2D eigenvalue weighted by Crippen LogP contribution is -2.36. The minimum absolute atomic E-state index is 0.0165. The number of nitrogens with zero attached hydrogens (tertiary/aromatic N) is 1. The van der Waals surface area contributed by atoms with E-state index in [1.807, 2.05) is 26.0 Å². The predicted molar refractivity (Wildman–Crippen MR) is 86.8 cm³/mol. The Labute approximate surface area is 128 Å². The van der Waals surface area contributed by atoms with Gasteiger partial charge in [0.15, 0.2) is 0 Å². The predicted octanol–water partition coefficient (Wildman–Crippen LogP) is 3.89. The highest BCUT2D eigenvalue weighted by Gasteiger charge is 2.33. The standard InChI is InChI=1S/C17H25NO2S/c1-4-5-6-7-16-12-15(3)13-18(16)21(19,20)17-10-8-14(2)9-11-17/h8-12,16H,4-7,13H2,1-3H3. The van der Waals surface area contributed by atoms with Crippen molar-refractivity contribution in [1.82, 2.24) is 4.31 Å². The van der Waals surface area contributed by atoms with Gasteiger partial charge in [-0.3, -0.25) is 0 Å². The van der Waals surface area contributed by atoms with Crippen molar-refractivity contribution in [2.45, 2.75) is 57.4 Å². The highest BCUT2D eigenvalue weighted by Crippen LogP contribution is 2.28. The summed E-state index contributed by atoms with van der Waals surface area (Å²) in [6, 6.07) is 7.15. The second-order valence-corrected chi connectivity index (χ2v) is 7.83. The molecule has 0 aliphatic carbocycles. The van der Waals surface area contributed by atoms with Crippen LogP contribution in [0.1, 0.15) is 45.1 Å². The lowest BCUT2D eigenvalue weighted by molar-refractivity contribution is 0.382. The van der Waals surface area contributed by atoms with E-state index in [9.17, 15) is 8.42 Å². The van der Waals surface area contributed by atoms with E-state index in [0.717, 1.165) is 36.8 Å². The molecule has 116 valence electrons. The van der Waals surface area contributed by atoms with E-state index < -0.39 is 10.0 Å². The molecular formula is C17H25NO2S. The number of sulfonamides is 1. The summed E-state index contributed by atoms with van der Waals surface area (Å²) < 4.78 is 27.3. The molecule has 0 radical (unpaired) electrons. The SMILES string of the molecule is CCCCCC1C=C(C)CN1S(=O)(=O)c1ccc(C)cc1. The highest BCUT2D eigenvalue weighted by atomic mass is 32.2. The Hall–Kier alpha value is -1.13. The monoisotopic (exact) mass is 307 g/mol. The second-order valence-electron chi connectivity index (χ2n) is 5.94. The van der Waals surface area contributed by atoms with Gasteiger partial charge in [0.05, 0.1) is 4.90 Å². The van der Waals surface area contributed by atoms with Crippen molar-refractivity contribution in [3.05, 3.63) is 41.5 Å². The van der Waals surface area contributed by atoms with Gasteiger partial charge in [-0.15, -0.1) is 0 Å². The van der Waals surface area contributed by atoms with Gasteiger partial charge in [-0.2, -0.15) is 4.31 Å². The largest absolute Gasteiger partial charge is 0.243 e. The number of aryl methyl sites for hydroxylation is 1. The van der Waals surface area contributed by atoms with Crippen molar-refractivity contribution < 1.29 is 8.42 Å². The number of benzene rings is 1. The van der Waals surface area contributed by atoms with Crippen LogP contribution in [0.3, 0.4) is 0 Å². The Kier molecular flexibility index (Phi) is 5.22. The van der Waals surface area contributed by atoms with Crippen molar-refractivity contribution in [2.24, 2.45) is 0 Å². The average molecular weight is 307 g/mol. The average Bonchev–Trinajstić information content (AvgIpc) is 2.81. The van der Waals surface area contributed by atoms with Crippen molar-refractivity contribution in [1.29, 1.82) is 0 Å². The summed E-state index contributed by atoms with van der Waals surface area (Å²) >= 11 is 0. The van der Waals surface area contributed by atoms with Crippen LogP contribution >= 0.6 is 0 Å². The third kappa shape index (κ3) is 3.74. The molecule has 1 unspecified atom stereocenters. The first-order valence-electron chi connectivity index (χ1n) is 7.71. The van der Waals surface area contributed by atoms with Crippen molar-refractivity contribution in [3.63, 3.8) is 0 Å². The lowest BCUT2D eigenvalue weighted by atomic mass is 10.1. The molecule has 1 aliphatic rings. The third-order valence-corrected chi connectivity index (χ3v) is 5.87. The Bertz CT molecular complexity index is 602. The van der Waals surface area contributed by atoms with Gasteiger partial charge >= 0.3 is 0 Å². The van der Waals surface area contributed by atoms with Crippen LogP contribution in [0.15, 0.2) is 40.8 Å². The summed E-state index contributed by atoms with van der Waals surface area (Å²) in [6.07, 6.45) is 6.41. The molecule has 0 bridgehead atoms. The number of hydrogen-bond donors (Lipinski definition) is 0. The Balaban J connectivity index is 2.20. The van der Waals surface area contributed by atoms with Crippen LogP contribution in [0.5, 0.6) is 0 Å². The molecule has 0 saturated heterocycles. The number of rotatable bonds is 6. The minimum Gasteiger partial charge on any atom is -0.207 e. The van der Waals surface area contributed by atoms with Crippen LogP contribution in [0, 0.1) is 6.92 Å². The van der Waals surface area contributed by atoms with Crippen LogP contribution in [0.2, 0.25) is 0 Å². The van der Waals surface area contributed by atoms with Gasteiger partial charge < -0.3 is 0 Å². The summed E-state index contributed by atoms with van der Waals surface area (Å²) in [4.78, 5) is 0.400. The van der Waals surface area contributed by atoms with Crippen LogP contribution in [0.25, 0.3) is 0 Å². The molecule has 1 atom stereocenters. The van der Waals surface area contributed by atoms with E-state index in [0.29, 0.717) is 11.4 Å². The van der Waals surface area contributed by atoms with E-state index in [1.165, 1.54) is 0 Å². The Morgan fingerprint density at radius 3 is 2.43 bits per heavy atom. The fourth-order valence-electron chi connectivity index (χ4n) is 2.77. The van der Waals surface area contributed by atoms with Gasteiger partial charge in [-0.1, -0.05) is 55.5 Å². The molecule has 3 nitrogen and oxygen atoms in total. The molecular weight excluding hydrogens is 282 g/mol. The quantitative estimate of drug-likeness (QED) is 0.590. The van der Waals surface area contributed by atoms with Crippen LogP contribution in [-0.2, 0) is 10.0 Å². The zero-order chi connectivity index (χ0) is 15.5. The molecule has 1 heterocycles. The topological polar surface area (TPSA) is 37.4 Å². The zero-order valence-corrected chi connectivity index (χ0v) is 14.0. The molecule has 0 fully saturated rings. The lowest BCUT2D eigenvalue weighted by Gasteiger charge is -2.24. The molecule has 1 aromatic carbocycles. The molecule has 1 aliphatic heterocycles. The summed E-state index contributed by atoms with van der Waals surface area (Å²) in [5, 5.41) is 0. The van der Waals surface area contributed by atoms with E-state index in [1.54, 1.807) is 16.4 Å². The second kappa shape index (κ2) is 6.75. The fraction of sp³-hybridized carbons (Fsp3) is 0.529. The van der Waals surface area contributed by atoms with Crippen molar-refractivity contribution in [2.75, 3.05) is 6.54 Å². The molecule has 1 aromatic rings. The zero-order valence-electron chi connectivity index (χ0n) is 13.2. The van der Waals surface area contributed by atoms with Gasteiger partial charge in [0.2, 0.25) is 10.0 Å². The maximum Gasteiger partial charge on any atom is 0.243 e. The van der Waals surface area contributed by atoms with E-state index in [4.69, 9.17) is 0 Å². The van der Waals surface area contributed by atoms with Gasteiger partial charge in [-0.25, -0.2) is 8.42 Å². The van der Waals surface area contributed by atoms with E-state index in [-0.39, 0.29) is 6.04 Å². The number of unbranched alkanes of at least 4 members (excludes halogenated alkanes) is 2. The third-order valence-electron chi connectivity index (χ3n) is 3.98. The minimum atomic E-state index is -3.39. The van der Waals surface area contributed by atoms with Gasteiger partial charge in [-0.05, 0) is 32.4 Å². The molecule has 2 rings (SSSR count). The maximum atomic E-state index is 12.8. The van der Waals surface area contributed by atoms with Crippen LogP contribution in [0.4, 0.5) is 0 Å². The van der Waals surface area contributed by atoms with E-state index in [2.05, 4.69) is 13.0 Å². The Morgan fingerprint density at radius 2 is 1.81 bits per heavy atom. The van der Waals surface area contributed by atoms with Gasteiger partial charge in [0.25, 0.3) is 0 Å². The molecule has 0 N–H and O–H groups in total. The normalized spacial score (nSPS) is 19.8. The molecule has 0 amide bonds. The molecule has 4 heteroatoms. The maximum absolute atomic E-state index is 12.8. The Morgan fingerprint density at radius 1 is 1.14 bits per heavy atom. The van der Waals surface area contributed by atoms with Crippen LogP contribution < -0.4 is 0 Å². The molecule has 0 saturated carbocycles. The summed E-state index contributed by atoms with van der Waals surface area (Å²) in [6.45, 7) is 6.66. The highest BCUT2D eigenvalue weighted by molar-refractivity contribution is 7.89. The van der Waals surface area contributed by atoms with Crippen LogP contribution in [-0.4, -0.2) is 25.3 Å². The smallest absolute Gasteiger partial charge is 0.207 e. The first-order valence-corrected chi connectivity index (χ1v) is 9.15. The number of hydrogen-bond acceptors (Lipinski definition) is 2. The van der Waals surface area contributed by atoms with E-state index >= 15 is 0 Å². The summed E-state index contributed by atoms with van der Waals surface area (Å²) in [5.74, 6) is 0. The first-order chi connectivity index (χ1) is 9.95.